The first-order valence-electron chi connectivity index (χ1n) is 8.58. The molecule has 4 aromatic rings. The van der Waals surface area contributed by atoms with Gasteiger partial charge in [0.25, 0.3) is 0 Å². The predicted octanol–water partition coefficient (Wildman–Crippen LogP) is 3.36. The van der Waals surface area contributed by atoms with Crippen LogP contribution in [0.25, 0.3) is 32.9 Å². The highest BCUT2D eigenvalue weighted by atomic mass is 16.7. The number of methoxy groups -OCH3 is 2. The molecule has 0 bridgehead atoms. The van der Waals surface area contributed by atoms with E-state index < -0.39 is 11.6 Å². The van der Waals surface area contributed by atoms with Crippen LogP contribution in [0.15, 0.2) is 31.8 Å². The summed E-state index contributed by atoms with van der Waals surface area (Å²) < 4.78 is 38.3. The van der Waals surface area contributed by atoms with Gasteiger partial charge in [0.05, 0.1) is 14.2 Å². The average molecular weight is 398 g/mol. The molecule has 0 radical (unpaired) electrons. The summed E-state index contributed by atoms with van der Waals surface area (Å²) in [5.74, 6) is 0.817. The second-order valence-electron chi connectivity index (χ2n) is 6.31. The van der Waals surface area contributed by atoms with Gasteiger partial charge in [0.2, 0.25) is 12.5 Å². The summed E-state index contributed by atoms with van der Waals surface area (Å²) in [6.07, 6.45) is 0. The highest BCUT2D eigenvalue weighted by molar-refractivity contribution is 6.16. The van der Waals surface area contributed by atoms with Crippen LogP contribution in [0.4, 0.5) is 0 Å². The van der Waals surface area contributed by atoms with Gasteiger partial charge in [-0.1, -0.05) is 0 Å². The van der Waals surface area contributed by atoms with Crippen LogP contribution in [-0.4, -0.2) is 27.0 Å². The smallest absolute Gasteiger partial charge is 0.348 e. The fraction of sp³-hybridized carbons (Fsp3) is 0.200. The molecule has 3 heterocycles. The van der Waals surface area contributed by atoms with Gasteiger partial charge in [-0.2, -0.15) is 0 Å². The number of rotatable bonds is 3. The molecule has 1 aliphatic heterocycles. The number of hydrogen-bond acceptors (Lipinski definition) is 9. The lowest BCUT2D eigenvalue weighted by Gasteiger charge is -2.14. The van der Waals surface area contributed by atoms with Gasteiger partial charge < -0.3 is 32.5 Å². The molecule has 9 nitrogen and oxygen atoms in total. The van der Waals surface area contributed by atoms with Gasteiger partial charge in [-0.25, -0.2) is 4.79 Å². The molecule has 0 aliphatic carbocycles. The first kappa shape index (κ1) is 17.2. The van der Waals surface area contributed by atoms with Crippen LogP contribution in [0.1, 0.15) is 6.92 Å². The maximum Gasteiger partial charge on any atom is 0.348 e. The minimum atomic E-state index is -0.602. The van der Waals surface area contributed by atoms with E-state index in [1.54, 1.807) is 12.1 Å². The predicted molar refractivity (Wildman–Crippen MR) is 100 cm³/mol. The Morgan fingerprint density at radius 1 is 0.931 bits per heavy atom. The van der Waals surface area contributed by atoms with Crippen molar-refractivity contribution in [3.63, 3.8) is 0 Å². The van der Waals surface area contributed by atoms with Crippen molar-refractivity contribution in [3.05, 3.63) is 28.6 Å². The summed E-state index contributed by atoms with van der Waals surface area (Å²) in [6, 6.07) is 4.75. The third kappa shape index (κ3) is 2.40. The zero-order valence-corrected chi connectivity index (χ0v) is 15.6. The first-order valence-corrected chi connectivity index (χ1v) is 8.58. The number of carbonyl (C=O) groups is 1. The Morgan fingerprint density at radius 3 is 2.38 bits per heavy atom. The van der Waals surface area contributed by atoms with Crippen LogP contribution in [0.5, 0.6) is 28.7 Å². The highest BCUT2D eigenvalue weighted by Crippen LogP contribution is 2.48. The van der Waals surface area contributed by atoms with Gasteiger partial charge in [-0.05, 0) is 6.07 Å². The van der Waals surface area contributed by atoms with Crippen LogP contribution in [-0.2, 0) is 4.79 Å². The number of esters is 1. The van der Waals surface area contributed by atoms with E-state index in [0.717, 1.165) is 0 Å². The molecule has 0 amide bonds. The quantitative estimate of drug-likeness (QED) is 0.292. The van der Waals surface area contributed by atoms with Crippen molar-refractivity contribution in [1.82, 2.24) is 0 Å². The van der Waals surface area contributed by atoms with Crippen molar-refractivity contribution in [3.8, 4) is 28.7 Å². The van der Waals surface area contributed by atoms with Gasteiger partial charge in [0.1, 0.15) is 21.9 Å². The Bertz CT molecular complexity index is 1380. The minimum Gasteiger partial charge on any atom is -0.493 e. The number of fused-ring (bicyclic) bond motifs is 6. The molecular weight excluding hydrogens is 384 g/mol. The van der Waals surface area contributed by atoms with Crippen LogP contribution in [0.2, 0.25) is 0 Å². The lowest BCUT2D eigenvalue weighted by molar-refractivity contribution is -0.132. The number of benzene rings is 2. The standard InChI is InChI=1S/C20H14O9/c1-8(21)27-17-14(23-2)6-13-16(19(17)24-3)18-15(20(22)29-13)9-4-11-12(26-7-25-11)5-10(9)28-18/h4-6H,7H2,1-3H3. The van der Waals surface area contributed by atoms with Crippen LogP contribution >= 0.6 is 0 Å². The molecule has 0 spiro atoms. The van der Waals surface area contributed by atoms with Crippen LogP contribution in [0, 0.1) is 0 Å². The Kier molecular flexibility index (Phi) is 3.60. The van der Waals surface area contributed by atoms with E-state index in [1.807, 2.05) is 0 Å². The molecule has 0 atom stereocenters. The SMILES string of the molecule is COc1cc2oc(=O)c3c4cc5c(cc4oc3c2c(OC)c1OC(C)=O)OCO5. The fourth-order valence-corrected chi connectivity index (χ4v) is 3.49. The van der Waals surface area contributed by atoms with E-state index in [2.05, 4.69) is 0 Å². The summed E-state index contributed by atoms with van der Waals surface area (Å²) in [7, 11) is 2.80. The van der Waals surface area contributed by atoms with Gasteiger partial charge in [-0.3, -0.25) is 4.79 Å². The second kappa shape index (κ2) is 6.06. The number of carbonyl (C=O) groups excluding carboxylic acids is 1. The highest BCUT2D eigenvalue weighted by Gasteiger charge is 2.27. The molecule has 0 fully saturated rings. The monoisotopic (exact) mass is 398 g/mol. The molecule has 2 aromatic heterocycles. The Morgan fingerprint density at radius 2 is 1.69 bits per heavy atom. The summed E-state index contributed by atoms with van der Waals surface area (Å²) >= 11 is 0. The number of hydrogen-bond donors (Lipinski definition) is 0. The molecule has 2 aromatic carbocycles. The van der Waals surface area contributed by atoms with Crippen molar-refractivity contribution < 1.29 is 37.3 Å². The maximum atomic E-state index is 12.8. The van der Waals surface area contributed by atoms with Crippen LogP contribution < -0.4 is 29.3 Å². The molecule has 0 unspecified atom stereocenters. The summed E-state index contributed by atoms with van der Waals surface area (Å²) in [5, 5.41) is 1.05. The molecule has 1 aliphatic rings. The topological polar surface area (TPSA) is 107 Å². The van der Waals surface area contributed by atoms with Crippen molar-refractivity contribution in [2.45, 2.75) is 6.92 Å². The lowest BCUT2D eigenvalue weighted by atomic mass is 10.1. The van der Waals surface area contributed by atoms with Crippen LogP contribution in [0.3, 0.4) is 0 Å². The number of furan rings is 1. The minimum absolute atomic E-state index is 0.0553. The largest absolute Gasteiger partial charge is 0.493 e. The van der Waals surface area contributed by atoms with Crippen molar-refractivity contribution in [1.29, 1.82) is 0 Å². The summed E-state index contributed by atoms with van der Waals surface area (Å²) in [5.41, 5.74) is 0.194. The lowest BCUT2D eigenvalue weighted by Crippen LogP contribution is -2.06. The van der Waals surface area contributed by atoms with Crippen molar-refractivity contribution in [2.24, 2.45) is 0 Å². The second-order valence-corrected chi connectivity index (χ2v) is 6.31. The van der Waals surface area contributed by atoms with E-state index in [0.29, 0.717) is 27.9 Å². The fourth-order valence-electron chi connectivity index (χ4n) is 3.49. The third-order valence-electron chi connectivity index (χ3n) is 4.65. The Balaban J connectivity index is 1.96. The van der Waals surface area contributed by atoms with E-state index in [9.17, 15) is 9.59 Å². The average Bonchev–Trinajstić information content (AvgIpc) is 3.29. The normalized spacial score (nSPS) is 12.7. The molecular formula is C20H14O9. The van der Waals surface area contributed by atoms with E-state index >= 15 is 0 Å². The number of ether oxygens (including phenoxy) is 5. The molecule has 0 saturated carbocycles. The van der Waals surface area contributed by atoms with Gasteiger partial charge in [-0.15, -0.1) is 0 Å². The zero-order valence-electron chi connectivity index (χ0n) is 15.6. The van der Waals surface area contributed by atoms with Gasteiger partial charge in [0, 0.05) is 24.4 Å². The van der Waals surface area contributed by atoms with E-state index in [4.69, 9.17) is 32.5 Å². The molecule has 29 heavy (non-hydrogen) atoms. The van der Waals surface area contributed by atoms with Crippen molar-refractivity contribution >= 4 is 38.9 Å². The molecule has 148 valence electrons. The first-order chi connectivity index (χ1) is 14.0. The van der Waals surface area contributed by atoms with Crippen molar-refractivity contribution in [2.75, 3.05) is 21.0 Å². The van der Waals surface area contributed by atoms with E-state index in [-0.39, 0.29) is 40.6 Å². The molecule has 0 N–H and O–H groups in total. The third-order valence-corrected chi connectivity index (χ3v) is 4.65. The molecule has 9 heteroatoms. The zero-order chi connectivity index (χ0) is 20.3. The van der Waals surface area contributed by atoms with E-state index in [1.165, 1.54) is 27.2 Å². The summed E-state index contributed by atoms with van der Waals surface area (Å²) in [6.45, 7) is 1.35. The maximum absolute atomic E-state index is 12.8. The summed E-state index contributed by atoms with van der Waals surface area (Å²) in [4.78, 5) is 24.4. The van der Waals surface area contributed by atoms with Gasteiger partial charge in [0.15, 0.2) is 28.6 Å². The molecule has 0 saturated heterocycles. The molecule has 5 rings (SSSR count). The Labute approximate surface area is 162 Å². The van der Waals surface area contributed by atoms with Gasteiger partial charge >= 0.3 is 11.6 Å². The Hall–Kier alpha value is -3.88.